The maximum absolute atomic E-state index is 2.56. The van der Waals surface area contributed by atoms with Gasteiger partial charge < -0.3 is 0 Å². The Hall–Kier alpha value is 0. The lowest BCUT2D eigenvalue weighted by atomic mass is 9.74. The van der Waals surface area contributed by atoms with Crippen LogP contribution in [0.5, 0.6) is 0 Å². The highest BCUT2D eigenvalue weighted by atomic mass is 14.5. The molecule has 4 aliphatic carbocycles. The van der Waals surface area contributed by atoms with E-state index in [1.165, 1.54) is 379 Å². The van der Waals surface area contributed by atoms with E-state index in [1.807, 2.05) is 0 Å². The van der Waals surface area contributed by atoms with Crippen LogP contribution in [0.1, 0.15) is 393 Å². The van der Waals surface area contributed by atoms with E-state index in [0.29, 0.717) is 5.41 Å². The predicted octanol–water partition coefficient (Wildman–Crippen LogP) is 24.3. The van der Waals surface area contributed by atoms with Crippen LogP contribution in [0, 0.1) is 17.3 Å². The second kappa shape index (κ2) is 48.0. The van der Waals surface area contributed by atoms with Gasteiger partial charge in [0.15, 0.2) is 0 Å². The molecule has 2 unspecified atom stereocenters. The molecule has 0 amide bonds. The predicted molar refractivity (Wildman–Crippen MR) is 293 cm³/mol. The summed E-state index contributed by atoms with van der Waals surface area (Å²) in [5.41, 5.74) is 0.628. The van der Waals surface area contributed by atoms with E-state index >= 15 is 0 Å². The van der Waals surface area contributed by atoms with Crippen LogP contribution in [0.4, 0.5) is 0 Å². The summed E-state index contributed by atoms with van der Waals surface area (Å²) in [4.78, 5) is 0. The van der Waals surface area contributed by atoms with Crippen LogP contribution in [0.2, 0.25) is 0 Å². The van der Waals surface area contributed by atoms with Crippen LogP contribution >= 0.6 is 0 Å². The van der Waals surface area contributed by atoms with Gasteiger partial charge in [-0.15, -0.1) is 0 Å². The van der Waals surface area contributed by atoms with Gasteiger partial charge in [0, 0.05) is 0 Å². The molecule has 0 aromatic heterocycles. The second-order valence-corrected chi connectivity index (χ2v) is 23.9. The van der Waals surface area contributed by atoms with E-state index in [4.69, 9.17) is 0 Å². The fourth-order valence-electron chi connectivity index (χ4n) is 12.7. The Kier molecular flexibility index (Phi) is 45.1. The first-order valence-electron chi connectivity index (χ1n) is 31.7. The number of fused-ring (bicyclic) bond motifs is 1. The van der Waals surface area contributed by atoms with E-state index in [9.17, 15) is 0 Å². The van der Waals surface area contributed by atoms with Gasteiger partial charge in [0.2, 0.25) is 0 Å². The molecule has 0 nitrogen and oxygen atoms in total. The molecule has 4 saturated carbocycles. The number of hydrogen-bond acceptors (Lipinski definition) is 0. The maximum Gasteiger partial charge on any atom is -0.0323 e. The van der Waals surface area contributed by atoms with Crippen molar-refractivity contribution in [2.24, 2.45) is 17.3 Å². The van der Waals surface area contributed by atoms with Gasteiger partial charge in [-0.25, -0.2) is 0 Å². The smallest absolute Gasteiger partial charge is 0.0323 e. The standard InChI is InChI=1S/C24H46.2C20H40/c1-24(2)21-20-22-18-16-14-12-10-8-6-4-3-5-7-9-11-13-15-17-19-23(22)24;2*1-2-4-6-8-10-12-14-16-18-20-19-17-15-13-11-9-7-5-3-1/h22-23H,3-21H2,1-2H3;2*1-20H2. The molecule has 0 aromatic carbocycles. The van der Waals surface area contributed by atoms with Crippen molar-refractivity contribution in [2.75, 3.05) is 0 Å². The summed E-state index contributed by atoms with van der Waals surface area (Å²) in [6, 6.07) is 0. The molecule has 4 rings (SSSR count). The van der Waals surface area contributed by atoms with Crippen LogP contribution in [0.3, 0.4) is 0 Å². The van der Waals surface area contributed by atoms with Crippen LogP contribution in [0.25, 0.3) is 0 Å². The first-order valence-corrected chi connectivity index (χ1v) is 31.7. The molecule has 0 heterocycles. The normalized spacial score (nSPS) is 27.1. The highest BCUT2D eigenvalue weighted by Gasteiger charge is 2.40. The summed E-state index contributed by atoms with van der Waals surface area (Å²) >= 11 is 0. The molecule has 0 N–H and O–H groups in total. The zero-order chi connectivity index (χ0) is 45.4. The zero-order valence-corrected chi connectivity index (χ0v) is 45.4. The van der Waals surface area contributed by atoms with Crippen molar-refractivity contribution >= 4 is 0 Å². The van der Waals surface area contributed by atoms with Crippen molar-refractivity contribution in [2.45, 2.75) is 393 Å². The molecule has 0 radical (unpaired) electrons. The third-order valence-corrected chi connectivity index (χ3v) is 17.3. The Morgan fingerprint density at radius 1 is 0.172 bits per heavy atom. The van der Waals surface area contributed by atoms with Crippen molar-refractivity contribution in [3.05, 3.63) is 0 Å². The third kappa shape index (κ3) is 39.9. The summed E-state index contributed by atoms with van der Waals surface area (Å²) in [6.45, 7) is 5.13. The summed E-state index contributed by atoms with van der Waals surface area (Å²) < 4.78 is 0. The Morgan fingerprint density at radius 2 is 0.312 bits per heavy atom. The fourth-order valence-corrected chi connectivity index (χ4v) is 12.7. The average molecular weight is 896 g/mol. The highest BCUT2D eigenvalue weighted by Crippen LogP contribution is 2.50. The van der Waals surface area contributed by atoms with E-state index < -0.39 is 0 Å². The van der Waals surface area contributed by atoms with Crippen molar-refractivity contribution in [3.63, 3.8) is 0 Å². The molecule has 382 valence electrons. The van der Waals surface area contributed by atoms with Gasteiger partial charge in [-0.3, -0.25) is 0 Å². The molecule has 0 saturated heterocycles. The van der Waals surface area contributed by atoms with Crippen LogP contribution in [-0.2, 0) is 0 Å². The second-order valence-electron chi connectivity index (χ2n) is 23.9. The van der Waals surface area contributed by atoms with Crippen LogP contribution < -0.4 is 0 Å². The van der Waals surface area contributed by atoms with Gasteiger partial charge in [0.25, 0.3) is 0 Å². The molecular formula is C64H126. The molecular weight excluding hydrogens is 769 g/mol. The van der Waals surface area contributed by atoms with Gasteiger partial charge in [-0.05, 0) is 36.5 Å². The summed E-state index contributed by atoms with van der Waals surface area (Å²) in [5.74, 6) is 2.08. The Balaban J connectivity index is 0.000000332. The molecule has 0 heteroatoms. The summed E-state index contributed by atoms with van der Waals surface area (Å²) in [7, 11) is 0. The Bertz CT molecular complexity index is 656. The van der Waals surface area contributed by atoms with Crippen LogP contribution in [-0.4, -0.2) is 0 Å². The lowest BCUT2D eigenvalue weighted by Crippen LogP contribution is -2.22. The van der Waals surface area contributed by atoms with E-state index in [1.54, 1.807) is 0 Å². The fraction of sp³-hybridized carbons (Fsp3) is 1.00. The molecule has 4 aliphatic rings. The number of rotatable bonds is 0. The SMILES string of the molecule is C1CCCCCCCCCCCCCCCCCCC1.C1CCCCCCCCCCCCCCCCCCC1.CC1(C)CCC2CCCCCCCCCCCCCCCCCC21. The van der Waals surface area contributed by atoms with Gasteiger partial charge in [0.1, 0.15) is 0 Å². The lowest BCUT2D eigenvalue weighted by Gasteiger charge is -2.31. The molecule has 64 heavy (non-hydrogen) atoms. The van der Waals surface area contributed by atoms with Gasteiger partial charge >= 0.3 is 0 Å². The summed E-state index contributed by atoms with van der Waals surface area (Å²) in [6.07, 6.45) is 88.6. The summed E-state index contributed by atoms with van der Waals surface area (Å²) in [5, 5.41) is 0. The van der Waals surface area contributed by atoms with Crippen molar-refractivity contribution in [1.29, 1.82) is 0 Å². The zero-order valence-electron chi connectivity index (χ0n) is 45.4. The van der Waals surface area contributed by atoms with Gasteiger partial charge in [-0.2, -0.15) is 0 Å². The van der Waals surface area contributed by atoms with E-state index in [-0.39, 0.29) is 0 Å². The third-order valence-electron chi connectivity index (χ3n) is 17.3. The van der Waals surface area contributed by atoms with E-state index in [0.717, 1.165) is 11.8 Å². The van der Waals surface area contributed by atoms with Crippen molar-refractivity contribution in [1.82, 2.24) is 0 Å². The molecule has 0 aromatic rings. The largest absolute Gasteiger partial charge is 0.0596 e. The molecule has 0 spiro atoms. The molecule has 0 bridgehead atoms. The first kappa shape index (κ1) is 60.1. The first-order chi connectivity index (χ1) is 31.7. The molecule has 2 atom stereocenters. The Morgan fingerprint density at radius 3 is 0.484 bits per heavy atom. The minimum atomic E-state index is 0.628. The molecule has 0 aliphatic heterocycles. The quantitative estimate of drug-likeness (QED) is 0.227. The van der Waals surface area contributed by atoms with Gasteiger partial charge in [-0.1, -0.05) is 373 Å². The van der Waals surface area contributed by atoms with Crippen molar-refractivity contribution in [3.8, 4) is 0 Å². The van der Waals surface area contributed by atoms with Gasteiger partial charge in [0.05, 0.1) is 0 Å². The number of hydrogen-bond donors (Lipinski definition) is 0. The minimum absolute atomic E-state index is 0.628. The van der Waals surface area contributed by atoms with E-state index in [2.05, 4.69) is 13.8 Å². The maximum atomic E-state index is 2.56. The topological polar surface area (TPSA) is 0 Å². The Labute approximate surface area is 408 Å². The lowest BCUT2D eigenvalue weighted by molar-refractivity contribution is 0.189. The monoisotopic (exact) mass is 895 g/mol. The average Bonchev–Trinajstić information content (AvgIpc) is 3.58. The van der Waals surface area contributed by atoms with Crippen LogP contribution in [0.15, 0.2) is 0 Å². The minimum Gasteiger partial charge on any atom is -0.0596 e. The van der Waals surface area contributed by atoms with Crippen molar-refractivity contribution < 1.29 is 0 Å². The highest BCUT2D eigenvalue weighted by molar-refractivity contribution is 4.90. The molecule has 4 fully saturated rings.